The van der Waals surface area contributed by atoms with Gasteiger partial charge in [-0.1, -0.05) is 41.9 Å². The summed E-state index contributed by atoms with van der Waals surface area (Å²) in [4.78, 5) is 29.6. The minimum Gasteiger partial charge on any atom is -0.347 e. The van der Waals surface area contributed by atoms with Crippen LogP contribution in [0.25, 0.3) is 0 Å². The van der Waals surface area contributed by atoms with Gasteiger partial charge in [-0.05, 0) is 23.8 Å². The lowest BCUT2D eigenvalue weighted by atomic mass is 9.82. The molecule has 1 fully saturated rings. The van der Waals surface area contributed by atoms with E-state index in [0.717, 1.165) is 5.56 Å². The lowest BCUT2D eigenvalue weighted by Gasteiger charge is -2.41. The summed E-state index contributed by atoms with van der Waals surface area (Å²) in [5.74, 6) is -0.467. The molecule has 1 saturated heterocycles. The van der Waals surface area contributed by atoms with Crippen molar-refractivity contribution < 1.29 is 14.0 Å². The van der Waals surface area contributed by atoms with Crippen molar-refractivity contribution in [1.29, 1.82) is 0 Å². The van der Waals surface area contributed by atoms with Crippen LogP contribution >= 0.6 is 11.6 Å². The number of amides is 2. The molecular formula is C22H23ClFN3O2. The second-order valence-electron chi connectivity index (χ2n) is 7.90. The zero-order valence-electron chi connectivity index (χ0n) is 16.4. The molecule has 2 heterocycles. The van der Waals surface area contributed by atoms with Gasteiger partial charge in [0, 0.05) is 49.8 Å². The first-order valence-electron chi connectivity index (χ1n) is 9.60. The molecule has 0 radical (unpaired) electrons. The molecule has 0 aromatic heterocycles. The van der Waals surface area contributed by atoms with Gasteiger partial charge in [0.15, 0.2) is 0 Å². The average Bonchev–Trinajstić information content (AvgIpc) is 3.20. The van der Waals surface area contributed by atoms with Gasteiger partial charge in [0.2, 0.25) is 11.8 Å². The number of likely N-dealkylation sites (N-methyl/N-ethyl adjacent to an activating group) is 1. The SMILES string of the molecule is CN(C)C(=O)[C@@H]1C[C@@H](F)CN1C1(Cc2ccccc2)C(=O)Nc2ccc(Cl)cc21. The maximum absolute atomic E-state index is 14.6. The number of likely N-dealkylation sites (tertiary alicyclic amines) is 1. The molecule has 2 aromatic rings. The molecule has 5 nitrogen and oxygen atoms in total. The van der Waals surface area contributed by atoms with E-state index in [9.17, 15) is 14.0 Å². The van der Waals surface area contributed by atoms with Crippen LogP contribution in [0.4, 0.5) is 10.1 Å². The maximum atomic E-state index is 14.6. The third kappa shape index (κ3) is 3.30. The van der Waals surface area contributed by atoms with E-state index in [0.29, 0.717) is 22.7 Å². The molecule has 0 bridgehead atoms. The Morgan fingerprint density at radius 1 is 1.28 bits per heavy atom. The molecule has 2 amide bonds. The first-order valence-corrected chi connectivity index (χ1v) is 9.98. The predicted octanol–water partition coefficient (Wildman–Crippen LogP) is 3.23. The monoisotopic (exact) mass is 415 g/mol. The Hall–Kier alpha value is -2.44. The molecule has 152 valence electrons. The fraction of sp³-hybridized carbons (Fsp3) is 0.364. The maximum Gasteiger partial charge on any atom is 0.249 e. The molecule has 0 aliphatic carbocycles. The summed E-state index contributed by atoms with van der Waals surface area (Å²) in [6.07, 6.45) is -0.805. The van der Waals surface area contributed by atoms with E-state index in [1.165, 1.54) is 4.90 Å². The smallest absolute Gasteiger partial charge is 0.249 e. The summed E-state index contributed by atoms with van der Waals surface area (Å²) in [7, 11) is 3.30. The van der Waals surface area contributed by atoms with Gasteiger partial charge in [-0.15, -0.1) is 0 Å². The summed E-state index contributed by atoms with van der Waals surface area (Å²) in [5, 5.41) is 3.42. The average molecular weight is 416 g/mol. The third-order valence-electron chi connectivity index (χ3n) is 5.82. The van der Waals surface area contributed by atoms with Crippen molar-refractivity contribution in [3.63, 3.8) is 0 Å². The molecule has 4 rings (SSSR count). The summed E-state index contributed by atoms with van der Waals surface area (Å²) in [5.41, 5.74) is 1.05. The molecule has 2 aliphatic rings. The second-order valence-corrected chi connectivity index (χ2v) is 8.34. The Bertz CT molecular complexity index is 952. The number of nitrogens with zero attached hydrogens (tertiary/aromatic N) is 2. The molecule has 2 aromatic carbocycles. The van der Waals surface area contributed by atoms with E-state index in [1.807, 2.05) is 30.3 Å². The topological polar surface area (TPSA) is 52.7 Å². The van der Waals surface area contributed by atoms with Gasteiger partial charge in [-0.3, -0.25) is 14.5 Å². The van der Waals surface area contributed by atoms with E-state index >= 15 is 0 Å². The molecular weight excluding hydrogens is 393 g/mol. The van der Waals surface area contributed by atoms with Gasteiger partial charge in [0.25, 0.3) is 0 Å². The number of anilines is 1. The number of hydrogen-bond acceptors (Lipinski definition) is 3. The zero-order valence-corrected chi connectivity index (χ0v) is 17.1. The predicted molar refractivity (Wildman–Crippen MR) is 111 cm³/mol. The van der Waals surface area contributed by atoms with Crippen molar-refractivity contribution in [2.24, 2.45) is 0 Å². The Morgan fingerprint density at radius 3 is 2.69 bits per heavy atom. The first-order chi connectivity index (χ1) is 13.8. The Morgan fingerprint density at radius 2 is 2.00 bits per heavy atom. The van der Waals surface area contributed by atoms with Crippen molar-refractivity contribution in [3.05, 3.63) is 64.7 Å². The number of carbonyl (C=O) groups is 2. The van der Waals surface area contributed by atoms with Crippen LogP contribution in [0.1, 0.15) is 17.5 Å². The molecule has 7 heteroatoms. The van der Waals surface area contributed by atoms with Crippen LogP contribution in [0.15, 0.2) is 48.5 Å². The van der Waals surface area contributed by atoms with Crippen LogP contribution in [0.5, 0.6) is 0 Å². The number of nitrogens with one attached hydrogen (secondary N) is 1. The van der Waals surface area contributed by atoms with Gasteiger partial charge in [-0.2, -0.15) is 0 Å². The number of hydrogen-bond donors (Lipinski definition) is 1. The van der Waals surface area contributed by atoms with Crippen LogP contribution in [-0.4, -0.2) is 54.5 Å². The van der Waals surface area contributed by atoms with Gasteiger partial charge in [-0.25, -0.2) is 4.39 Å². The van der Waals surface area contributed by atoms with Gasteiger partial charge < -0.3 is 10.2 Å². The lowest BCUT2D eigenvalue weighted by molar-refractivity contribution is -0.139. The fourth-order valence-corrected chi connectivity index (χ4v) is 4.68. The standard InChI is InChI=1S/C22H23ClFN3O2/c1-26(2)20(28)19-11-16(24)13-27(19)22(12-14-6-4-3-5-7-14)17-10-15(23)8-9-18(17)25-21(22)29/h3-10,16,19H,11-13H2,1-2H3,(H,25,29)/t16-,19+,22?/m1/s1. The normalized spacial score (nSPS) is 26.3. The van der Waals surface area contributed by atoms with E-state index in [1.54, 1.807) is 37.2 Å². The highest BCUT2D eigenvalue weighted by atomic mass is 35.5. The number of rotatable bonds is 4. The number of benzene rings is 2. The highest BCUT2D eigenvalue weighted by molar-refractivity contribution is 6.31. The van der Waals surface area contributed by atoms with E-state index in [-0.39, 0.29) is 24.8 Å². The molecule has 1 unspecified atom stereocenters. The highest BCUT2D eigenvalue weighted by Crippen LogP contribution is 2.47. The fourth-order valence-electron chi connectivity index (χ4n) is 4.51. The molecule has 3 atom stereocenters. The van der Waals surface area contributed by atoms with Crippen LogP contribution < -0.4 is 5.32 Å². The second kappa shape index (κ2) is 7.43. The summed E-state index contributed by atoms with van der Waals surface area (Å²) < 4.78 is 14.6. The van der Waals surface area contributed by atoms with Gasteiger partial charge >= 0.3 is 0 Å². The number of halogens is 2. The van der Waals surface area contributed by atoms with Crippen LogP contribution in [0.2, 0.25) is 5.02 Å². The molecule has 2 aliphatic heterocycles. The minimum absolute atomic E-state index is 0.0104. The summed E-state index contributed by atoms with van der Waals surface area (Å²) in [6.45, 7) is 0.0104. The Balaban J connectivity index is 1.89. The summed E-state index contributed by atoms with van der Waals surface area (Å²) >= 11 is 6.28. The zero-order chi connectivity index (χ0) is 20.8. The van der Waals surface area contributed by atoms with Gasteiger partial charge in [0.05, 0.1) is 6.04 Å². The van der Waals surface area contributed by atoms with Crippen molar-refractivity contribution in [1.82, 2.24) is 9.80 Å². The lowest BCUT2D eigenvalue weighted by Crippen LogP contribution is -2.57. The summed E-state index contributed by atoms with van der Waals surface area (Å²) in [6, 6.07) is 14.1. The molecule has 0 spiro atoms. The van der Waals surface area contributed by atoms with E-state index in [4.69, 9.17) is 11.6 Å². The molecule has 29 heavy (non-hydrogen) atoms. The van der Waals surface area contributed by atoms with Crippen LogP contribution in [0, 0.1) is 0 Å². The van der Waals surface area contributed by atoms with Crippen LogP contribution in [-0.2, 0) is 21.5 Å². The Labute approximate surface area is 174 Å². The van der Waals surface area contributed by atoms with E-state index in [2.05, 4.69) is 5.32 Å². The van der Waals surface area contributed by atoms with Crippen molar-refractivity contribution in [2.45, 2.75) is 30.6 Å². The van der Waals surface area contributed by atoms with Gasteiger partial charge in [0.1, 0.15) is 11.7 Å². The van der Waals surface area contributed by atoms with Crippen LogP contribution in [0.3, 0.4) is 0 Å². The third-order valence-corrected chi connectivity index (χ3v) is 6.06. The largest absolute Gasteiger partial charge is 0.347 e. The number of carbonyl (C=O) groups excluding carboxylic acids is 2. The van der Waals surface area contributed by atoms with E-state index < -0.39 is 17.8 Å². The van der Waals surface area contributed by atoms with Crippen molar-refractivity contribution in [3.8, 4) is 0 Å². The Kier molecular flexibility index (Phi) is 5.09. The minimum atomic E-state index is -1.21. The highest BCUT2D eigenvalue weighted by Gasteiger charge is 2.57. The number of alkyl halides is 1. The first kappa shape index (κ1) is 19.9. The van der Waals surface area contributed by atoms with Crippen molar-refractivity contribution >= 4 is 29.1 Å². The quantitative estimate of drug-likeness (QED) is 0.834. The molecule has 0 saturated carbocycles. The number of fused-ring (bicyclic) bond motifs is 1. The molecule has 1 N–H and O–H groups in total. The van der Waals surface area contributed by atoms with Crippen molar-refractivity contribution in [2.75, 3.05) is 26.0 Å².